The molecule has 1 aliphatic rings. The fourth-order valence-electron chi connectivity index (χ4n) is 0.987. The van der Waals surface area contributed by atoms with Crippen molar-refractivity contribution in [3.63, 3.8) is 0 Å². The third kappa shape index (κ3) is 1.61. The summed E-state index contributed by atoms with van der Waals surface area (Å²) in [5.74, 6) is 0.789. The van der Waals surface area contributed by atoms with Crippen molar-refractivity contribution < 1.29 is 4.79 Å². The molecule has 3 heteroatoms. The Morgan fingerprint density at radius 2 is 2.44 bits per heavy atom. The van der Waals surface area contributed by atoms with Crippen LogP contribution in [0.2, 0.25) is 0 Å². The molecule has 9 heavy (non-hydrogen) atoms. The smallest absolute Gasteiger partial charge is 0.232 e. The van der Waals surface area contributed by atoms with Crippen LogP contribution in [0.15, 0.2) is 0 Å². The van der Waals surface area contributed by atoms with E-state index in [0.29, 0.717) is 12.3 Å². The van der Waals surface area contributed by atoms with Gasteiger partial charge in [-0.1, -0.05) is 19.7 Å². The van der Waals surface area contributed by atoms with Crippen LogP contribution in [-0.4, -0.2) is 16.8 Å². The standard InChI is InChI=1S/C6H11NOS/c1-5-2-3-6(8)7(9)4-5/h5,9H,2-4H2,1H3. The van der Waals surface area contributed by atoms with E-state index in [9.17, 15) is 4.79 Å². The number of hydrogen-bond acceptors (Lipinski definition) is 2. The number of amides is 1. The first-order valence-corrected chi connectivity index (χ1v) is 3.59. The maximum atomic E-state index is 10.8. The topological polar surface area (TPSA) is 20.3 Å². The van der Waals surface area contributed by atoms with Crippen LogP contribution >= 0.6 is 12.8 Å². The molecule has 0 aromatic carbocycles. The Bertz CT molecular complexity index is 126. The zero-order valence-electron chi connectivity index (χ0n) is 5.50. The fourth-order valence-corrected chi connectivity index (χ4v) is 1.37. The number of carbonyl (C=O) groups is 1. The van der Waals surface area contributed by atoms with Crippen molar-refractivity contribution in [1.82, 2.24) is 4.31 Å². The van der Waals surface area contributed by atoms with Gasteiger partial charge in [0, 0.05) is 13.0 Å². The molecule has 2 nitrogen and oxygen atoms in total. The van der Waals surface area contributed by atoms with Gasteiger partial charge in [-0.2, -0.15) is 0 Å². The largest absolute Gasteiger partial charge is 0.289 e. The minimum absolute atomic E-state index is 0.163. The molecule has 1 saturated heterocycles. The molecule has 52 valence electrons. The Labute approximate surface area is 60.8 Å². The van der Waals surface area contributed by atoms with Gasteiger partial charge in [0.15, 0.2) is 0 Å². The van der Waals surface area contributed by atoms with E-state index in [4.69, 9.17) is 0 Å². The highest BCUT2D eigenvalue weighted by Crippen LogP contribution is 2.17. The van der Waals surface area contributed by atoms with Crippen molar-refractivity contribution in [1.29, 1.82) is 0 Å². The molecule has 0 radical (unpaired) electrons. The van der Waals surface area contributed by atoms with Crippen LogP contribution in [0.1, 0.15) is 19.8 Å². The van der Waals surface area contributed by atoms with Crippen LogP contribution in [0, 0.1) is 5.92 Å². The van der Waals surface area contributed by atoms with E-state index in [1.165, 1.54) is 4.31 Å². The van der Waals surface area contributed by atoms with Gasteiger partial charge in [0.25, 0.3) is 0 Å². The van der Waals surface area contributed by atoms with Gasteiger partial charge in [-0.25, -0.2) is 0 Å². The summed E-state index contributed by atoms with van der Waals surface area (Å²) in [6.45, 7) is 2.94. The Kier molecular flexibility index (Phi) is 2.01. The SMILES string of the molecule is CC1CCC(=O)N(S)C1. The predicted octanol–water partition coefficient (Wildman–Crippen LogP) is 1.09. The highest BCUT2D eigenvalue weighted by Gasteiger charge is 2.19. The first-order chi connectivity index (χ1) is 4.20. The van der Waals surface area contributed by atoms with Crippen LogP contribution < -0.4 is 0 Å². The van der Waals surface area contributed by atoms with Crippen molar-refractivity contribution in [2.24, 2.45) is 5.92 Å². The van der Waals surface area contributed by atoms with Gasteiger partial charge in [-0.3, -0.25) is 9.10 Å². The van der Waals surface area contributed by atoms with Gasteiger partial charge < -0.3 is 0 Å². The van der Waals surface area contributed by atoms with Crippen LogP contribution in [0.5, 0.6) is 0 Å². The number of carbonyl (C=O) groups excluding carboxylic acids is 1. The second-order valence-electron chi connectivity index (χ2n) is 2.62. The molecule has 1 amide bonds. The molecule has 1 fully saturated rings. The van der Waals surface area contributed by atoms with Crippen molar-refractivity contribution in [2.75, 3.05) is 6.54 Å². The van der Waals surface area contributed by atoms with Crippen molar-refractivity contribution in [3.05, 3.63) is 0 Å². The number of piperidine rings is 1. The molecule has 0 saturated carbocycles. The maximum absolute atomic E-state index is 10.8. The molecule has 0 spiro atoms. The minimum atomic E-state index is 0.163. The molecule has 0 aliphatic carbocycles. The van der Waals surface area contributed by atoms with Gasteiger partial charge in [-0.05, 0) is 12.3 Å². The molecular weight excluding hydrogens is 134 g/mol. The molecule has 1 aliphatic heterocycles. The molecule has 1 atom stereocenters. The Morgan fingerprint density at radius 3 is 2.89 bits per heavy atom. The number of thiol groups is 1. The van der Waals surface area contributed by atoms with Gasteiger partial charge in [0.1, 0.15) is 0 Å². The first-order valence-electron chi connectivity index (χ1n) is 3.19. The van der Waals surface area contributed by atoms with E-state index in [2.05, 4.69) is 19.7 Å². The number of rotatable bonds is 0. The zero-order valence-corrected chi connectivity index (χ0v) is 6.40. The van der Waals surface area contributed by atoms with Crippen molar-refractivity contribution >= 4 is 18.7 Å². The van der Waals surface area contributed by atoms with Crippen molar-refractivity contribution in [3.8, 4) is 0 Å². The van der Waals surface area contributed by atoms with E-state index in [1.54, 1.807) is 0 Å². The number of hydrogen-bond donors (Lipinski definition) is 1. The van der Waals surface area contributed by atoms with Crippen LogP contribution in [0.25, 0.3) is 0 Å². The van der Waals surface area contributed by atoms with Gasteiger partial charge in [0.2, 0.25) is 5.91 Å². The summed E-state index contributed by atoms with van der Waals surface area (Å²) in [7, 11) is 0. The first kappa shape index (κ1) is 6.93. The Hall–Kier alpha value is -0.180. The second-order valence-corrected chi connectivity index (χ2v) is 3.10. The van der Waals surface area contributed by atoms with Crippen molar-refractivity contribution in [2.45, 2.75) is 19.8 Å². The lowest BCUT2D eigenvalue weighted by atomic mass is 10.0. The van der Waals surface area contributed by atoms with E-state index in [-0.39, 0.29) is 5.91 Å². The van der Waals surface area contributed by atoms with Gasteiger partial charge in [0.05, 0.1) is 0 Å². The Balaban J connectivity index is 2.44. The summed E-state index contributed by atoms with van der Waals surface area (Å²) in [6.07, 6.45) is 1.70. The monoisotopic (exact) mass is 145 g/mol. The zero-order chi connectivity index (χ0) is 6.85. The van der Waals surface area contributed by atoms with Gasteiger partial charge in [-0.15, -0.1) is 0 Å². The van der Waals surface area contributed by atoms with E-state index in [0.717, 1.165) is 13.0 Å². The van der Waals surface area contributed by atoms with Crippen LogP contribution in [0.4, 0.5) is 0 Å². The van der Waals surface area contributed by atoms with E-state index >= 15 is 0 Å². The average Bonchev–Trinajstić information content (AvgIpc) is 1.80. The molecule has 1 rings (SSSR count). The predicted molar refractivity (Wildman–Crippen MR) is 39.1 cm³/mol. The van der Waals surface area contributed by atoms with Crippen LogP contribution in [-0.2, 0) is 4.79 Å². The second kappa shape index (κ2) is 2.60. The third-order valence-electron chi connectivity index (χ3n) is 1.62. The highest BCUT2D eigenvalue weighted by atomic mass is 32.1. The summed E-state index contributed by atoms with van der Waals surface area (Å²) < 4.78 is 1.51. The summed E-state index contributed by atoms with van der Waals surface area (Å²) in [5.41, 5.74) is 0. The highest BCUT2D eigenvalue weighted by molar-refractivity contribution is 7.78. The lowest BCUT2D eigenvalue weighted by Crippen LogP contribution is -2.31. The summed E-state index contributed by atoms with van der Waals surface area (Å²) in [4.78, 5) is 10.8. The van der Waals surface area contributed by atoms with E-state index < -0.39 is 0 Å². The lowest BCUT2D eigenvalue weighted by molar-refractivity contribution is -0.128. The molecule has 1 heterocycles. The summed E-state index contributed by atoms with van der Waals surface area (Å²) >= 11 is 4.00. The minimum Gasteiger partial charge on any atom is -0.289 e. The van der Waals surface area contributed by atoms with Gasteiger partial charge >= 0.3 is 0 Å². The molecule has 0 aromatic heterocycles. The van der Waals surface area contributed by atoms with Crippen LogP contribution in [0.3, 0.4) is 0 Å². The summed E-state index contributed by atoms with van der Waals surface area (Å²) in [5, 5.41) is 0. The third-order valence-corrected chi connectivity index (χ3v) is 2.01. The lowest BCUT2D eigenvalue weighted by Gasteiger charge is -2.25. The van der Waals surface area contributed by atoms with E-state index in [1.807, 2.05) is 0 Å². The summed E-state index contributed by atoms with van der Waals surface area (Å²) in [6, 6.07) is 0. The average molecular weight is 145 g/mol. The molecular formula is C6H11NOS. The number of nitrogens with zero attached hydrogens (tertiary/aromatic N) is 1. The quantitative estimate of drug-likeness (QED) is 0.506. The molecule has 0 aromatic rings. The normalized spacial score (nSPS) is 28.9. The molecule has 1 unspecified atom stereocenters. The molecule has 0 N–H and O–H groups in total. The maximum Gasteiger partial charge on any atom is 0.232 e. The Morgan fingerprint density at radius 1 is 1.78 bits per heavy atom. The fraction of sp³-hybridized carbons (Fsp3) is 0.833. The molecule has 0 bridgehead atoms.